The van der Waals surface area contributed by atoms with Crippen LogP contribution >= 0.6 is 9.69 Å². The molecule has 2 aromatic carbocycles. The number of hydrogen-bond donors (Lipinski definition) is 0. The Morgan fingerprint density at radius 3 is 2.70 bits per heavy atom. The number of benzene rings is 2. The summed E-state index contributed by atoms with van der Waals surface area (Å²) in [4.78, 5) is 27.2. The first-order valence-corrected chi connectivity index (χ1v) is 11.2. The summed E-state index contributed by atoms with van der Waals surface area (Å²) in [5.41, 5.74) is 1.41. The molecule has 0 fully saturated rings. The SMILES string of the molecule is COc1ccc(C(=O)N2C(=O)C(C)Oc3c([CH]=[Ru][Cl])cccc32)c(OC)c1. The van der Waals surface area contributed by atoms with E-state index in [0.717, 1.165) is 10.5 Å². The third kappa shape index (κ3) is 3.62. The molecule has 1 aliphatic heterocycles. The van der Waals surface area contributed by atoms with E-state index in [1.54, 1.807) is 37.3 Å². The number of nitrogens with zero attached hydrogens (tertiary/aromatic N) is 1. The molecule has 6 nitrogen and oxygen atoms in total. The molecule has 1 aliphatic rings. The number of anilines is 1. The van der Waals surface area contributed by atoms with Crippen molar-refractivity contribution in [2.45, 2.75) is 13.0 Å². The Morgan fingerprint density at radius 2 is 2.04 bits per heavy atom. The van der Waals surface area contributed by atoms with Crippen molar-refractivity contribution in [3.05, 3.63) is 47.5 Å². The van der Waals surface area contributed by atoms with Crippen molar-refractivity contribution in [1.29, 1.82) is 0 Å². The molecule has 0 spiro atoms. The van der Waals surface area contributed by atoms with Crippen molar-refractivity contribution in [3.8, 4) is 17.2 Å². The topological polar surface area (TPSA) is 65.1 Å². The number of halogens is 1. The van der Waals surface area contributed by atoms with Crippen LogP contribution in [0.15, 0.2) is 36.4 Å². The summed E-state index contributed by atoms with van der Waals surface area (Å²) in [7, 11) is 8.89. The predicted octanol–water partition coefficient (Wildman–Crippen LogP) is 3.04. The Hall–Kier alpha value is -2.24. The maximum atomic E-state index is 13.3. The van der Waals surface area contributed by atoms with Crippen molar-refractivity contribution in [1.82, 2.24) is 0 Å². The second-order valence-electron chi connectivity index (χ2n) is 5.68. The zero-order chi connectivity index (χ0) is 19.6. The zero-order valence-electron chi connectivity index (χ0n) is 14.8. The van der Waals surface area contributed by atoms with Gasteiger partial charge < -0.3 is 0 Å². The van der Waals surface area contributed by atoms with Gasteiger partial charge in [-0.15, -0.1) is 0 Å². The average Bonchev–Trinajstić information content (AvgIpc) is 2.68. The van der Waals surface area contributed by atoms with E-state index in [0.29, 0.717) is 22.9 Å². The van der Waals surface area contributed by atoms with Crippen LogP contribution in [-0.4, -0.2) is 36.7 Å². The first kappa shape index (κ1) is 19.5. The molecule has 3 rings (SSSR count). The van der Waals surface area contributed by atoms with E-state index >= 15 is 0 Å². The fraction of sp³-hybridized carbons (Fsp3) is 0.211. The standard InChI is InChI=1S/C19H17NO5.ClH.Ru/c1-11-6-5-7-15-17(11)25-12(2)18(21)20(15)19(22)14-9-8-13(23-3)10-16(14)24-4;;/h1,5-10,12H,2-4H3;1H;/q;;+1/p-1. The molecular formula is C19H17ClNO5Ru. The van der Waals surface area contributed by atoms with Crippen LogP contribution in [0.2, 0.25) is 0 Å². The van der Waals surface area contributed by atoms with Gasteiger partial charge in [-0.1, -0.05) is 0 Å². The van der Waals surface area contributed by atoms with Crippen molar-refractivity contribution in [2.24, 2.45) is 0 Å². The van der Waals surface area contributed by atoms with Crippen LogP contribution in [0.4, 0.5) is 5.69 Å². The van der Waals surface area contributed by atoms with Gasteiger partial charge in [0.2, 0.25) is 0 Å². The minimum atomic E-state index is -0.800. The van der Waals surface area contributed by atoms with Gasteiger partial charge in [0.05, 0.1) is 0 Å². The number of carbonyl (C=O) groups excluding carboxylic acids is 2. The van der Waals surface area contributed by atoms with Crippen LogP contribution in [0, 0.1) is 0 Å². The number of amides is 2. The van der Waals surface area contributed by atoms with Gasteiger partial charge >= 0.3 is 168 Å². The Labute approximate surface area is 168 Å². The van der Waals surface area contributed by atoms with Gasteiger partial charge in [0.1, 0.15) is 0 Å². The monoisotopic (exact) mass is 476 g/mol. The van der Waals surface area contributed by atoms with Crippen LogP contribution < -0.4 is 19.1 Å². The number of fused-ring (bicyclic) bond motifs is 1. The van der Waals surface area contributed by atoms with Crippen molar-refractivity contribution < 1.29 is 39.5 Å². The van der Waals surface area contributed by atoms with Gasteiger partial charge in [0, 0.05) is 0 Å². The molecule has 143 valence electrons. The second kappa shape index (κ2) is 8.19. The van der Waals surface area contributed by atoms with Crippen LogP contribution in [-0.2, 0) is 20.5 Å². The molecule has 0 aromatic heterocycles. The number of methoxy groups -OCH3 is 2. The molecule has 0 radical (unpaired) electrons. The Morgan fingerprint density at radius 1 is 1.26 bits per heavy atom. The molecular weight excluding hydrogens is 459 g/mol. The Balaban J connectivity index is 2.13. The van der Waals surface area contributed by atoms with E-state index in [4.69, 9.17) is 23.9 Å². The molecule has 0 saturated carbocycles. The Bertz CT molecular complexity index is 930. The number of hydrogen-bond acceptors (Lipinski definition) is 5. The van der Waals surface area contributed by atoms with E-state index in [1.165, 1.54) is 14.2 Å². The molecule has 0 bridgehead atoms. The molecule has 1 unspecified atom stereocenters. The van der Waals surface area contributed by atoms with E-state index in [1.807, 2.05) is 10.7 Å². The maximum absolute atomic E-state index is 13.3. The van der Waals surface area contributed by atoms with Crippen molar-refractivity contribution >= 4 is 31.8 Å². The summed E-state index contributed by atoms with van der Waals surface area (Å²) in [6.45, 7) is 1.61. The molecule has 1 atom stereocenters. The van der Waals surface area contributed by atoms with Gasteiger partial charge in [-0.25, -0.2) is 0 Å². The summed E-state index contributed by atoms with van der Waals surface area (Å²) in [6.07, 6.45) is -0.800. The van der Waals surface area contributed by atoms with Crippen LogP contribution in [0.5, 0.6) is 17.2 Å². The second-order valence-corrected chi connectivity index (χ2v) is 7.47. The van der Waals surface area contributed by atoms with Gasteiger partial charge in [0.15, 0.2) is 0 Å². The summed E-state index contributed by atoms with van der Waals surface area (Å²) in [5, 5.41) is 0. The molecule has 1 heterocycles. The van der Waals surface area contributed by atoms with E-state index in [-0.39, 0.29) is 5.56 Å². The molecule has 2 amide bonds. The van der Waals surface area contributed by atoms with Gasteiger partial charge in [-0.2, -0.15) is 0 Å². The summed E-state index contributed by atoms with van der Waals surface area (Å²) in [5.74, 6) is 0.405. The summed E-state index contributed by atoms with van der Waals surface area (Å²) < 4.78 is 18.1. The van der Waals surface area contributed by atoms with E-state index < -0.39 is 33.6 Å². The third-order valence-corrected chi connectivity index (χ3v) is 5.31. The first-order chi connectivity index (χ1) is 13.0. The van der Waals surface area contributed by atoms with Crippen molar-refractivity contribution in [3.63, 3.8) is 0 Å². The zero-order valence-corrected chi connectivity index (χ0v) is 17.3. The number of rotatable bonds is 4. The van der Waals surface area contributed by atoms with Gasteiger partial charge in [0.25, 0.3) is 0 Å². The van der Waals surface area contributed by atoms with Crippen LogP contribution in [0.3, 0.4) is 0 Å². The molecule has 0 aliphatic carbocycles. The summed E-state index contributed by atoms with van der Waals surface area (Å²) in [6, 6.07) is 10.1. The van der Waals surface area contributed by atoms with Crippen LogP contribution in [0.25, 0.3) is 0 Å². The third-order valence-electron chi connectivity index (χ3n) is 4.12. The van der Waals surface area contributed by atoms with E-state index in [9.17, 15) is 9.59 Å². The summed E-state index contributed by atoms with van der Waals surface area (Å²) >= 11 is -0.487. The molecule has 0 saturated heterocycles. The predicted molar refractivity (Wildman–Crippen MR) is 98.9 cm³/mol. The van der Waals surface area contributed by atoms with Gasteiger partial charge in [-0.05, 0) is 0 Å². The fourth-order valence-corrected chi connectivity index (χ4v) is 3.89. The van der Waals surface area contributed by atoms with Gasteiger partial charge in [-0.3, -0.25) is 0 Å². The minimum absolute atomic E-state index is 0.254. The fourth-order valence-electron chi connectivity index (χ4n) is 2.80. The number of carbonyl (C=O) groups is 2. The average molecular weight is 476 g/mol. The molecule has 8 heteroatoms. The number of ether oxygens (including phenoxy) is 3. The van der Waals surface area contributed by atoms with E-state index in [2.05, 4.69) is 0 Å². The Kier molecular flexibility index (Phi) is 5.93. The first-order valence-electron chi connectivity index (χ1n) is 7.97. The quantitative estimate of drug-likeness (QED) is 0.502. The van der Waals surface area contributed by atoms with Crippen LogP contribution in [0.1, 0.15) is 22.8 Å². The molecule has 0 N–H and O–H groups in total. The number of para-hydroxylation sites is 1. The normalized spacial score (nSPS) is 16.4. The number of imide groups is 1. The van der Waals surface area contributed by atoms with Crippen molar-refractivity contribution in [2.75, 3.05) is 19.1 Å². The molecule has 27 heavy (non-hydrogen) atoms. The molecule has 2 aromatic rings.